The molecule has 4 nitrogen and oxygen atoms in total. The van der Waals surface area contributed by atoms with Gasteiger partial charge in [-0.2, -0.15) is 0 Å². The molecule has 0 aromatic heterocycles. The summed E-state index contributed by atoms with van der Waals surface area (Å²) < 4.78 is 0. The smallest absolute Gasteiger partial charge is 0.306 e. The summed E-state index contributed by atoms with van der Waals surface area (Å²) in [5, 5.41) is 14.0. The standard InChI is InChI=1S/C24H29ClN2O2S/c1-2-17-7-13-22(14-8-17)26-24(30)27(16-19-5-11-21(25)12-6-19)15-18-3-9-20(10-4-18)23(28)29/h5-8,11-14,18,20H,2-4,9-10,15-16H2,1H3,(H,26,30)(H,28,29). The van der Waals surface area contributed by atoms with Gasteiger partial charge in [-0.3, -0.25) is 4.79 Å². The average molecular weight is 445 g/mol. The Hall–Kier alpha value is -2.11. The zero-order valence-corrected chi connectivity index (χ0v) is 18.9. The highest BCUT2D eigenvalue weighted by molar-refractivity contribution is 7.80. The van der Waals surface area contributed by atoms with Crippen LogP contribution in [0.5, 0.6) is 0 Å². The lowest BCUT2D eigenvalue weighted by Crippen LogP contribution is -2.39. The predicted molar refractivity (Wildman–Crippen MR) is 127 cm³/mol. The molecule has 2 N–H and O–H groups in total. The molecule has 0 heterocycles. The van der Waals surface area contributed by atoms with E-state index in [1.807, 2.05) is 24.3 Å². The van der Waals surface area contributed by atoms with E-state index in [9.17, 15) is 9.90 Å². The minimum absolute atomic E-state index is 0.201. The zero-order chi connectivity index (χ0) is 21.5. The van der Waals surface area contributed by atoms with Crippen LogP contribution in [-0.4, -0.2) is 27.6 Å². The van der Waals surface area contributed by atoms with Crippen molar-refractivity contribution in [3.63, 3.8) is 0 Å². The van der Waals surface area contributed by atoms with Crippen molar-refractivity contribution in [1.29, 1.82) is 0 Å². The number of carboxylic acids is 1. The maximum atomic E-state index is 11.3. The second-order valence-electron chi connectivity index (χ2n) is 8.04. The molecule has 1 fully saturated rings. The van der Waals surface area contributed by atoms with Gasteiger partial charge >= 0.3 is 5.97 Å². The summed E-state index contributed by atoms with van der Waals surface area (Å²) in [7, 11) is 0. The van der Waals surface area contributed by atoms with Gasteiger partial charge in [0.1, 0.15) is 0 Å². The Bertz CT molecular complexity index is 847. The largest absolute Gasteiger partial charge is 0.481 e. The molecule has 0 bridgehead atoms. The summed E-state index contributed by atoms with van der Waals surface area (Å²) in [4.78, 5) is 13.4. The number of nitrogens with zero attached hydrogens (tertiary/aromatic N) is 1. The Kier molecular flexibility index (Phi) is 8.11. The van der Waals surface area contributed by atoms with E-state index < -0.39 is 5.97 Å². The van der Waals surface area contributed by atoms with Crippen molar-refractivity contribution in [2.45, 2.75) is 45.6 Å². The molecule has 2 aromatic carbocycles. The maximum absolute atomic E-state index is 11.3. The van der Waals surface area contributed by atoms with E-state index in [-0.39, 0.29) is 5.92 Å². The van der Waals surface area contributed by atoms with Crippen LogP contribution in [0.4, 0.5) is 5.69 Å². The highest BCUT2D eigenvalue weighted by Gasteiger charge is 2.27. The first-order valence-electron chi connectivity index (χ1n) is 10.6. The molecule has 1 saturated carbocycles. The summed E-state index contributed by atoms with van der Waals surface area (Å²) >= 11 is 11.8. The van der Waals surface area contributed by atoms with Crippen LogP contribution in [-0.2, 0) is 17.8 Å². The third-order valence-electron chi connectivity index (χ3n) is 5.86. The van der Waals surface area contributed by atoms with Crippen molar-refractivity contribution in [2.75, 3.05) is 11.9 Å². The van der Waals surface area contributed by atoms with Crippen LogP contribution < -0.4 is 5.32 Å². The van der Waals surface area contributed by atoms with Crippen molar-refractivity contribution in [3.8, 4) is 0 Å². The third kappa shape index (κ3) is 6.44. The van der Waals surface area contributed by atoms with E-state index in [1.54, 1.807) is 0 Å². The van der Waals surface area contributed by atoms with Crippen molar-refractivity contribution in [1.82, 2.24) is 4.90 Å². The van der Waals surface area contributed by atoms with Gasteiger partial charge in [-0.15, -0.1) is 0 Å². The lowest BCUT2D eigenvalue weighted by Gasteiger charge is -2.33. The number of aliphatic carboxylic acids is 1. The SMILES string of the molecule is CCc1ccc(NC(=S)N(Cc2ccc(Cl)cc2)CC2CCC(C(=O)O)CC2)cc1. The third-order valence-corrected chi connectivity index (χ3v) is 6.47. The number of thiocarbonyl (C=S) groups is 1. The number of rotatable bonds is 7. The average Bonchev–Trinajstić information content (AvgIpc) is 2.75. The molecular formula is C24H29ClN2O2S. The minimum Gasteiger partial charge on any atom is -0.481 e. The number of carboxylic acid groups (broad SMARTS) is 1. The van der Waals surface area contributed by atoms with Crippen LogP contribution >= 0.6 is 23.8 Å². The molecule has 0 amide bonds. The Balaban J connectivity index is 1.68. The fraction of sp³-hybridized carbons (Fsp3) is 0.417. The summed E-state index contributed by atoms with van der Waals surface area (Å²) in [6, 6.07) is 16.2. The second kappa shape index (κ2) is 10.8. The van der Waals surface area contributed by atoms with Crippen LogP contribution in [0.25, 0.3) is 0 Å². The van der Waals surface area contributed by atoms with E-state index in [1.165, 1.54) is 5.56 Å². The van der Waals surface area contributed by atoms with Gasteiger partial charge < -0.3 is 15.3 Å². The van der Waals surface area contributed by atoms with E-state index in [4.69, 9.17) is 23.8 Å². The molecule has 0 aliphatic heterocycles. The molecule has 0 atom stereocenters. The maximum Gasteiger partial charge on any atom is 0.306 e. The Morgan fingerprint density at radius 3 is 2.23 bits per heavy atom. The first-order chi connectivity index (χ1) is 14.4. The predicted octanol–water partition coefficient (Wildman–Crippen LogP) is 5.99. The van der Waals surface area contributed by atoms with E-state index in [0.717, 1.165) is 49.9 Å². The first kappa shape index (κ1) is 22.6. The van der Waals surface area contributed by atoms with Crippen LogP contribution in [0.2, 0.25) is 5.02 Å². The van der Waals surface area contributed by atoms with Gasteiger partial charge in [0.25, 0.3) is 0 Å². The Morgan fingerprint density at radius 2 is 1.67 bits per heavy atom. The number of hydrogen-bond donors (Lipinski definition) is 2. The number of aryl methyl sites for hydroxylation is 1. The molecular weight excluding hydrogens is 416 g/mol. The molecule has 1 aliphatic carbocycles. The summed E-state index contributed by atoms with van der Waals surface area (Å²) in [5.41, 5.74) is 3.41. The van der Waals surface area contributed by atoms with Crippen molar-refractivity contribution < 1.29 is 9.90 Å². The fourth-order valence-electron chi connectivity index (χ4n) is 3.96. The molecule has 6 heteroatoms. The van der Waals surface area contributed by atoms with Gasteiger partial charge in [0.2, 0.25) is 0 Å². The number of halogens is 1. The van der Waals surface area contributed by atoms with Crippen LogP contribution in [0.3, 0.4) is 0 Å². The summed E-state index contributed by atoms with van der Waals surface area (Å²) in [5.74, 6) is -0.428. The van der Waals surface area contributed by atoms with Crippen LogP contribution in [0.15, 0.2) is 48.5 Å². The number of anilines is 1. The molecule has 0 unspecified atom stereocenters. The highest BCUT2D eigenvalue weighted by atomic mass is 35.5. The Labute approximate surface area is 189 Å². The number of benzene rings is 2. The number of carbonyl (C=O) groups is 1. The van der Waals surface area contributed by atoms with Crippen LogP contribution in [0.1, 0.15) is 43.7 Å². The highest BCUT2D eigenvalue weighted by Crippen LogP contribution is 2.30. The second-order valence-corrected chi connectivity index (χ2v) is 8.87. The van der Waals surface area contributed by atoms with Gasteiger partial charge in [0.15, 0.2) is 5.11 Å². The molecule has 160 valence electrons. The van der Waals surface area contributed by atoms with Gasteiger partial charge in [-0.25, -0.2) is 0 Å². The van der Waals surface area contributed by atoms with Gasteiger partial charge in [0.05, 0.1) is 5.92 Å². The molecule has 0 radical (unpaired) electrons. The lowest BCUT2D eigenvalue weighted by molar-refractivity contribution is -0.143. The van der Waals surface area contributed by atoms with Crippen molar-refractivity contribution in [2.24, 2.45) is 11.8 Å². The molecule has 1 aliphatic rings. The molecule has 30 heavy (non-hydrogen) atoms. The van der Waals surface area contributed by atoms with E-state index >= 15 is 0 Å². The van der Waals surface area contributed by atoms with Crippen molar-refractivity contribution in [3.05, 3.63) is 64.7 Å². The summed E-state index contributed by atoms with van der Waals surface area (Å²) in [6.07, 6.45) is 4.33. The van der Waals surface area contributed by atoms with Crippen molar-refractivity contribution >= 4 is 40.6 Å². The quantitative estimate of drug-likeness (QED) is 0.513. The van der Waals surface area contributed by atoms with Gasteiger partial charge in [-0.05, 0) is 85.6 Å². The van der Waals surface area contributed by atoms with Gasteiger partial charge in [-0.1, -0.05) is 42.8 Å². The van der Waals surface area contributed by atoms with Crippen LogP contribution in [0, 0.1) is 11.8 Å². The van der Waals surface area contributed by atoms with Gasteiger partial charge in [0, 0.05) is 23.8 Å². The number of nitrogens with one attached hydrogen (secondary N) is 1. The normalized spacial score (nSPS) is 18.6. The number of hydrogen-bond acceptors (Lipinski definition) is 2. The lowest BCUT2D eigenvalue weighted by atomic mass is 9.82. The van der Waals surface area contributed by atoms with E-state index in [2.05, 4.69) is 41.4 Å². The monoisotopic (exact) mass is 444 g/mol. The first-order valence-corrected chi connectivity index (χ1v) is 11.3. The Morgan fingerprint density at radius 1 is 1.07 bits per heavy atom. The molecule has 3 rings (SSSR count). The topological polar surface area (TPSA) is 52.6 Å². The summed E-state index contributed by atoms with van der Waals surface area (Å²) in [6.45, 7) is 3.64. The fourth-order valence-corrected chi connectivity index (χ4v) is 4.34. The molecule has 0 spiro atoms. The molecule has 2 aromatic rings. The van der Waals surface area contributed by atoms with E-state index in [0.29, 0.717) is 22.6 Å². The zero-order valence-electron chi connectivity index (χ0n) is 17.3. The minimum atomic E-state index is -0.667. The molecule has 0 saturated heterocycles.